The molecule has 1 aromatic rings. The van der Waals surface area contributed by atoms with Gasteiger partial charge in [0.25, 0.3) is 0 Å². The van der Waals surface area contributed by atoms with Crippen LogP contribution in [0.3, 0.4) is 0 Å². The summed E-state index contributed by atoms with van der Waals surface area (Å²) < 4.78 is 12.7. The summed E-state index contributed by atoms with van der Waals surface area (Å²) >= 11 is 0. The number of aryl methyl sites for hydroxylation is 1. The van der Waals surface area contributed by atoms with Gasteiger partial charge >= 0.3 is 0 Å². The second-order valence-corrected chi connectivity index (χ2v) is 3.27. The van der Waals surface area contributed by atoms with Gasteiger partial charge in [-0.25, -0.2) is 4.39 Å². The predicted octanol–water partition coefficient (Wildman–Crippen LogP) is 1.51. The summed E-state index contributed by atoms with van der Waals surface area (Å²) in [4.78, 5) is 0. The molecule has 0 saturated heterocycles. The topological polar surface area (TPSA) is 46.2 Å². The highest BCUT2D eigenvalue weighted by Gasteiger charge is 2.14. The molecule has 0 unspecified atom stereocenters. The number of hydrogen-bond donors (Lipinski definition) is 2. The highest BCUT2D eigenvalue weighted by Crippen LogP contribution is 2.19. The Morgan fingerprint density at radius 2 is 2.08 bits per heavy atom. The zero-order valence-corrected chi connectivity index (χ0v) is 7.79. The quantitative estimate of drug-likeness (QED) is 0.730. The largest absolute Gasteiger partial charge is 0.391 e. The lowest BCUT2D eigenvalue weighted by Crippen LogP contribution is -2.23. The number of aliphatic hydroxyl groups is 1. The zero-order valence-electron chi connectivity index (χ0n) is 7.79. The molecule has 0 heterocycles. The molecule has 0 aliphatic rings. The first-order valence-electron chi connectivity index (χ1n) is 4.22. The monoisotopic (exact) mass is 183 g/mol. The predicted molar refractivity (Wildman–Crippen MR) is 49.7 cm³/mol. The molecule has 0 bridgehead atoms. The highest BCUT2D eigenvalue weighted by atomic mass is 19.1. The van der Waals surface area contributed by atoms with E-state index in [1.165, 1.54) is 12.1 Å². The van der Waals surface area contributed by atoms with Crippen molar-refractivity contribution in [3.63, 3.8) is 0 Å². The molecule has 72 valence electrons. The third-order valence-corrected chi connectivity index (χ3v) is 2.11. The lowest BCUT2D eigenvalue weighted by atomic mass is 9.98. The minimum atomic E-state index is -0.621. The molecular weight excluding hydrogens is 169 g/mol. The fraction of sp³-hybridized carbons (Fsp3) is 0.400. The van der Waals surface area contributed by atoms with Crippen LogP contribution in [0.4, 0.5) is 4.39 Å². The standard InChI is InChI=1S/C10H14FNO/c1-6-5-8(11)3-4-9(6)10(12)7(2)13/h3-5,7,10,13H,12H2,1-2H3/t7-,10+/m1/s1. The van der Waals surface area contributed by atoms with E-state index in [0.29, 0.717) is 0 Å². The normalized spacial score (nSPS) is 15.5. The lowest BCUT2D eigenvalue weighted by molar-refractivity contribution is 0.164. The first-order valence-corrected chi connectivity index (χ1v) is 4.22. The summed E-state index contributed by atoms with van der Waals surface area (Å²) in [6.45, 7) is 3.40. The molecule has 0 amide bonds. The maximum atomic E-state index is 12.7. The molecule has 1 rings (SSSR count). The van der Waals surface area contributed by atoms with Crippen molar-refractivity contribution < 1.29 is 9.50 Å². The van der Waals surface area contributed by atoms with Crippen molar-refractivity contribution in [1.82, 2.24) is 0 Å². The van der Waals surface area contributed by atoms with E-state index in [1.54, 1.807) is 19.9 Å². The molecule has 2 atom stereocenters. The lowest BCUT2D eigenvalue weighted by Gasteiger charge is -2.17. The van der Waals surface area contributed by atoms with Crippen molar-refractivity contribution in [2.45, 2.75) is 26.0 Å². The SMILES string of the molecule is Cc1cc(F)ccc1[C@@H](N)[C@@H](C)O. The Hall–Kier alpha value is -0.930. The fourth-order valence-electron chi connectivity index (χ4n) is 1.27. The molecule has 3 N–H and O–H groups in total. The van der Waals surface area contributed by atoms with Crippen LogP contribution in [0.25, 0.3) is 0 Å². The molecule has 0 fully saturated rings. The first kappa shape index (κ1) is 10.2. The van der Waals surface area contributed by atoms with Crippen molar-refractivity contribution in [1.29, 1.82) is 0 Å². The molecule has 13 heavy (non-hydrogen) atoms. The fourth-order valence-corrected chi connectivity index (χ4v) is 1.27. The number of nitrogens with two attached hydrogens (primary N) is 1. The molecule has 0 radical (unpaired) electrons. The van der Waals surface area contributed by atoms with E-state index < -0.39 is 12.1 Å². The van der Waals surface area contributed by atoms with E-state index in [1.807, 2.05) is 0 Å². The number of hydrogen-bond acceptors (Lipinski definition) is 2. The molecule has 0 aromatic heterocycles. The number of rotatable bonds is 2. The minimum Gasteiger partial charge on any atom is -0.391 e. The summed E-state index contributed by atoms with van der Waals surface area (Å²) in [5.74, 6) is -0.279. The Morgan fingerprint density at radius 3 is 2.54 bits per heavy atom. The third kappa shape index (κ3) is 2.26. The van der Waals surface area contributed by atoms with E-state index in [2.05, 4.69) is 0 Å². The zero-order chi connectivity index (χ0) is 10.0. The Labute approximate surface area is 77.2 Å². The van der Waals surface area contributed by atoms with Crippen molar-refractivity contribution in [3.8, 4) is 0 Å². The van der Waals surface area contributed by atoms with E-state index in [9.17, 15) is 9.50 Å². The van der Waals surface area contributed by atoms with E-state index in [4.69, 9.17) is 5.73 Å². The molecule has 0 spiro atoms. The number of aliphatic hydroxyl groups excluding tert-OH is 1. The molecule has 3 heteroatoms. The molecule has 2 nitrogen and oxygen atoms in total. The van der Waals surface area contributed by atoms with Gasteiger partial charge in [0.05, 0.1) is 12.1 Å². The van der Waals surface area contributed by atoms with Crippen LogP contribution < -0.4 is 5.73 Å². The van der Waals surface area contributed by atoms with Crippen molar-refractivity contribution in [3.05, 3.63) is 35.1 Å². The van der Waals surface area contributed by atoms with Gasteiger partial charge in [-0.1, -0.05) is 6.07 Å². The second kappa shape index (κ2) is 3.85. The van der Waals surface area contributed by atoms with Crippen LogP contribution in [-0.4, -0.2) is 11.2 Å². The average Bonchev–Trinajstić information content (AvgIpc) is 2.03. The maximum Gasteiger partial charge on any atom is 0.123 e. The molecule has 0 saturated carbocycles. The third-order valence-electron chi connectivity index (χ3n) is 2.11. The summed E-state index contributed by atoms with van der Waals surface area (Å²) in [6.07, 6.45) is -0.621. The van der Waals surface area contributed by atoms with Crippen LogP contribution in [-0.2, 0) is 0 Å². The number of halogens is 1. The Bertz CT molecular complexity index is 299. The summed E-state index contributed by atoms with van der Waals surface area (Å²) in [5, 5.41) is 9.25. The van der Waals surface area contributed by atoms with Crippen LogP contribution in [0, 0.1) is 12.7 Å². The summed E-state index contributed by atoms with van der Waals surface area (Å²) in [7, 11) is 0. The highest BCUT2D eigenvalue weighted by molar-refractivity contribution is 5.29. The van der Waals surface area contributed by atoms with Gasteiger partial charge < -0.3 is 10.8 Å². The first-order chi connectivity index (χ1) is 6.02. The summed E-state index contributed by atoms with van der Waals surface area (Å²) in [6, 6.07) is 3.94. The van der Waals surface area contributed by atoms with Gasteiger partial charge in [0.2, 0.25) is 0 Å². The van der Waals surface area contributed by atoms with E-state index in [0.717, 1.165) is 11.1 Å². The van der Waals surface area contributed by atoms with E-state index >= 15 is 0 Å². The van der Waals surface area contributed by atoms with Gasteiger partial charge in [-0.05, 0) is 37.1 Å². The van der Waals surface area contributed by atoms with Gasteiger partial charge in [0.1, 0.15) is 5.82 Å². The summed E-state index contributed by atoms with van der Waals surface area (Å²) in [5.41, 5.74) is 7.28. The van der Waals surface area contributed by atoms with Crippen molar-refractivity contribution in [2.75, 3.05) is 0 Å². The second-order valence-electron chi connectivity index (χ2n) is 3.27. The molecular formula is C10H14FNO. The Balaban J connectivity index is 3.01. The molecule has 0 aliphatic heterocycles. The van der Waals surface area contributed by atoms with Crippen molar-refractivity contribution >= 4 is 0 Å². The van der Waals surface area contributed by atoms with Crippen LogP contribution in [0.5, 0.6) is 0 Å². The van der Waals surface area contributed by atoms with Crippen LogP contribution >= 0.6 is 0 Å². The van der Waals surface area contributed by atoms with Gasteiger partial charge in [0, 0.05) is 0 Å². The van der Waals surface area contributed by atoms with Gasteiger partial charge in [-0.15, -0.1) is 0 Å². The Kier molecular flexibility index (Phi) is 3.01. The van der Waals surface area contributed by atoms with Crippen LogP contribution in [0.15, 0.2) is 18.2 Å². The van der Waals surface area contributed by atoms with Crippen LogP contribution in [0.1, 0.15) is 24.1 Å². The molecule has 1 aromatic carbocycles. The van der Waals surface area contributed by atoms with Crippen LogP contribution in [0.2, 0.25) is 0 Å². The number of benzene rings is 1. The van der Waals surface area contributed by atoms with Crippen molar-refractivity contribution in [2.24, 2.45) is 5.73 Å². The van der Waals surface area contributed by atoms with Gasteiger partial charge in [-0.2, -0.15) is 0 Å². The van der Waals surface area contributed by atoms with E-state index in [-0.39, 0.29) is 5.82 Å². The van der Waals surface area contributed by atoms with Gasteiger partial charge in [0.15, 0.2) is 0 Å². The minimum absolute atomic E-state index is 0.279. The average molecular weight is 183 g/mol. The Morgan fingerprint density at radius 1 is 1.46 bits per heavy atom. The maximum absolute atomic E-state index is 12.7. The molecule has 0 aliphatic carbocycles. The van der Waals surface area contributed by atoms with Gasteiger partial charge in [-0.3, -0.25) is 0 Å². The smallest absolute Gasteiger partial charge is 0.123 e.